The van der Waals surface area contributed by atoms with Crippen molar-refractivity contribution in [3.8, 4) is 0 Å². The van der Waals surface area contributed by atoms with Crippen molar-refractivity contribution in [2.24, 2.45) is 0 Å². The standard InChI is InChI=1S/C17H19F6N3O2/c1-11(14(27)24-10-16(18,19)20)25-5-7-26(8-6-25)15(28)12-3-2-4-13(9-12)17(21,22)23/h2-4,9,11H,5-8,10H2,1H3,(H,24,27). The number of benzene rings is 1. The van der Waals surface area contributed by atoms with Gasteiger partial charge in [0.1, 0.15) is 6.54 Å². The van der Waals surface area contributed by atoms with E-state index in [1.54, 1.807) is 4.90 Å². The van der Waals surface area contributed by atoms with Gasteiger partial charge in [-0.2, -0.15) is 26.3 Å². The molecule has 28 heavy (non-hydrogen) atoms. The molecule has 0 radical (unpaired) electrons. The number of carbonyl (C=O) groups is 2. The van der Waals surface area contributed by atoms with E-state index in [0.29, 0.717) is 0 Å². The Morgan fingerprint density at radius 3 is 2.21 bits per heavy atom. The molecule has 1 atom stereocenters. The van der Waals surface area contributed by atoms with Gasteiger partial charge in [0.25, 0.3) is 5.91 Å². The van der Waals surface area contributed by atoms with Crippen molar-refractivity contribution in [2.75, 3.05) is 32.7 Å². The van der Waals surface area contributed by atoms with Crippen LogP contribution in [-0.4, -0.2) is 66.6 Å². The fourth-order valence-corrected chi connectivity index (χ4v) is 2.82. The lowest BCUT2D eigenvalue weighted by molar-refractivity contribution is -0.141. The molecule has 1 aromatic carbocycles. The van der Waals surface area contributed by atoms with Crippen LogP contribution in [0.4, 0.5) is 26.3 Å². The first-order valence-electron chi connectivity index (χ1n) is 8.43. The smallest absolute Gasteiger partial charge is 0.346 e. The Kier molecular flexibility index (Phi) is 6.58. The molecule has 1 saturated heterocycles. The number of nitrogens with zero attached hydrogens (tertiary/aromatic N) is 2. The molecule has 1 N–H and O–H groups in total. The second-order valence-electron chi connectivity index (χ2n) is 6.42. The number of alkyl halides is 6. The van der Waals surface area contributed by atoms with Gasteiger partial charge in [-0.05, 0) is 25.1 Å². The molecule has 2 amide bonds. The highest BCUT2D eigenvalue weighted by Crippen LogP contribution is 2.29. The highest BCUT2D eigenvalue weighted by molar-refractivity contribution is 5.94. The van der Waals surface area contributed by atoms with Crippen LogP contribution in [0.2, 0.25) is 0 Å². The quantitative estimate of drug-likeness (QED) is 0.775. The second-order valence-corrected chi connectivity index (χ2v) is 6.42. The number of piperazine rings is 1. The summed E-state index contributed by atoms with van der Waals surface area (Å²) in [7, 11) is 0. The molecule has 0 aromatic heterocycles. The Labute approximate surface area is 157 Å². The lowest BCUT2D eigenvalue weighted by Crippen LogP contribution is -2.55. The molecule has 5 nitrogen and oxygen atoms in total. The normalized spacial score (nSPS) is 17.3. The second kappa shape index (κ2) is 8.38. The van der Waals surface area contributed by atoms with Gasteiger partial charge in [-0.1, -0.05) is 6.07 Å². The summed E-state index contributed by atoms with van der Waals surface area (Å²) in [6.07, 6.45) is -9.07. The molecule has 2 rings (SSSR count). The molecule has 1 unspecified atom stereocenters. The van der Waals surface area contributed by atoms with Crippen molar-refractivity contribution < 1.29 is 35.9 Å². The Hall–Kier alpha value is -2.30. The molecule has 1 heterocycles. The maximum absolute atomic E-state index is 12.8. The molecule has 0 spiro atoms. The topological polar surface area (TPSA) is 52.7 Å². The summed E-state index contributed by atoms with van der Waals surface area (Å²) in [6, 6.07) is 3.27. The van der Waals surface area contributed by atoms with Gasteiger partial charge in [0, 0.05) is 31.7 Å². The summed E-state index contributed by atoms with van der Waals surface area (Å²) in [5, 5.41) is 1.81. The molecule has 1 aromatic rings. The van der Waals surface area contributed by atoms with E-state index < -0.39 is 42.3 Å². The maximum atomic E-state index is 12.8. The zero-order chi connectivity index (χ0) is 21.1. The number of amides is 2. The molecule has 1 fully saturated rings. The van der Waals surface area contributed by atoms with Gasteiger partial charge in [0.2, 0.25) is 5.91 Å². The van der Waals surface area contributed by atoms with E-state index >= 15 is 0 Å². The van der Waals surface area contributed by atoms with E-state index in [2.05, 4.69) is 0 Å². The number of hydrogen-bond acceptors (Lipinski definition) is 3. The first-order chi connectivity index (χ1) is 12.9. The van der Waals surface area contributed by atoms with Gasteiger partial charge < -0.3 is 10.2 Å². The van der Waals surface area contributed by atoms with E-state index in [-0.39, 0.29) is 31.7 Å². The van der Waals surface area contributed by atoms with Crippen LogP contribution in [0.3, 0.4) is 0 Å². The number of carbonyl (C=O) groups excluding carboxylic acids is 2. The number of nitrogens with one attached hydrogen (secondary N) is 1. The summed E-state index contributed by atoms with van der Waals surface area (Å²) in [6.45, 7) is 0.745. The maximum Gasteiger partial charge on any atom is 0.416 e. The lowest BCUT2D eigenvalue weighted by Gasteiger charge is -2.37. The number of rotatable bonds is 4. The van der Waals surface area contributed by atoms with Crippen LogP contribution in [-0.2, 0) is 11.0 Å². The van der Waals surface area contributed by atoms with Gasteiger partial charge in [-0.3, -0.25) is 14.5 Å². The average Bonchev–Trinajstić information content (AvgIpc) is 2.64. The fourth-order valence-electron chi connectivity index (χ4n) is 2.82. The van der Waals surface area contributed by atoms with Crippen molar-refractivity contribution >= 4 is 11.8 Å². The van der Waals surface area contributed by atoms with Crippen molar-refractivity contribution in [3.05, 3.63) is 35.4 Å². The summed E-state index contributed by atoms with van der Waals surface area (Å²) in [4.78, 5) is 27.2. The van der Waals surface area contributed by atoms with Crippen molar-refractivity contribution in [1.29, 1.82) is 0 Å². The molecule has 1 aliphatic heterocycles. The zero-order valence-corrected chi connectivity index (χ0v) is 14.9. The van der Waals surface area contributed by atoms with Gasteiger partial charge in [0.15, 0.2) is 0 Å². The predicted molar refractivity (Wildman–Crippen MR) is 87.4 cm³/mol. The Bertz CT molecular complexity index is 712. The third kappa shape index (κ3) is 5.85. The van der Waals surface area contributed by atoms with E-state index in [4.69, 9.17) is 0 Å². The van der Waals surface area contributed by atoms with Crippen LogP contribution in [0.5, 0.6) is 0 Å². The zero-order valence-electron chi connectivity index (χ0n) is 14.9. The highest BCUT2D eigenvalue weighted by Gasteiger charge is 2.33. The predicted octanol–water partition coefficient (Wildman–Crippen LogP) is 2.53. The van der Waals surface area contributed by atoms with E-state index in [0.717, 1.165) is 18.2 Å². The fraction of sp³-hybridized carbons (Fsp3) is 0.529. The number of hydrogen-bond donors (Lipinski definition) is 1. The van der Waals surface area contributed by atoms with E-state index in [9.17, 15) is 35.9 Å². The SMILES string of the molecule is CC(C(=O)NCC(F)(F)F)N1CCN(C(=O)c2cccc(C(F)(F)F)c2)CC1. The minimum absolute atomic E-state index is 0.0979. The molecule has 11 heteroatoms. The van der Waals surface area contributed by atoms with Crippen LogP contribution in [0.15, 0.2) is 24.3 Å². The third-order valence-corrected chi connectivity index (χ3v) is 4.43. The van der Waals surface area contributed by atoms with Crippen LogP contribution in [0.25, 0.3) is 0 Å². The number of halogens is 6. The van der Waals surface area contributed by atoms with Gasteiger partial charge in [0.05, 0.1) is 11.6 Å². The summed E-state index contributed by atoms with van der Waals surface area (Å²) in [5.41, 5.74) is -1.02. The van der Waals surface area contributed by atoms with Crippen molar-refractivity contribution in [2.45, 2.75) is 25.3 Å². The van der Waals surface area contributed by atoms with Crippen LogP contribution in [0, 0.1) is 0 Å². The Morgan fingerprint density at radius 2 is 1.68 bits per heavy atom. The van der Waals surface area contributed by atoms with E-state index in [1.165, 1.54) is 17.9 Å². The molecule has 156 valence electrons. The molecule has 1 aliphatic rings. The molecule has 0 saturated carbocycles. The first kappa shape index (κ1) is 22.0. The van der Waals surface area contributed by atoms with Gasteiger partial charge >= 0.3 is 12.4 Å². The molecular weight excluding hydrogens is 392 g/mol. The Balaban J connectivity index is 1.93. The van der Waals surface area contributed by atoms with Gasteiger partial charge in [-0.15, -0.1) is 0 Å². The van der Waals surface area contributed by atoms with Crippen molar-refractivity contribution in [1.82, 2.24) is 15.1 Å². The van der Waals surface area contributed by atoms with Gasteiger partial charge in [-0.25, -0.2) is 0 Å². The lowest BCUT2D eigenvalue weighted by atomic mass is 10.1. The monoisotopic (exact) mass is 411 g/mol. The van der Waals surface area contributed by atoms with Crippen LogP contribution in [0.1, 0.15) is 22.8 Å². The minimum atomic E-state index is -4.56. The van der Waals surface area contributed by atoms with Crippen LogP contribution >= 0.6 is 0 Å². The third-order valence-electron chi connectivity index (χ3n) is 4.43. The van der Waals surface area contributed by atoms with Crippen LogP contribution < -0.4 is 5.32 Å². The summed E-state index contributed by atoms with van der Waals surface area (Å²) >= 11 is 0. The molecular formula is C17H19F6N3O2. The van der Waals surface area contributed by atoms with Crippen molar-refractivity contribution in [3.63, 3.8) is 0 Å². The average molecular weight is 411 g/mol. The Morgan fingerprint density at radius 1 is 1.07 bits per heavy atom. The molecule has 0 aliphatic carbocycles. The highest BCUT2D eigenvalue weighted by atomic mass is 19.4. The minimum Gasteiger partial charge on any atom is -0.346 e. The summed E-state index contributed by atoms with van der Waals surface area (Å²) < 4.78 is 74.9. The first-order valence-corrected chi connectivity index (χ1v) is 8.43. The molecule has 0 bridgehead atoms. The van der Waals surface area contributed by atoms with E-state index in [1.807, 2.05) is 5.32 Å². The largest absolute Gasteiger partial charge is 0.416 e. The summed E-state index contributed by atoms with van der Waals surface area (Å²) in [5.74, 6) is -1.35.